The van der Waals surface area contributed by atoms with Gasteiger partial charge in [0.25, 0.3) is 0 Å². The minimum Gasteiger partial charge on any atom is -0.493 e. The minimum absolute atomic E-state index is 0.146. The Morgan fingerprint density at radius 2 is 1.95 bits per heavy atom. The molecule has 3 rings (SSSR count). The number of nitrogens with zero attached hydrogens (tertiary/aromatic N) is 1. The van der Waals surface area contributed by atoms with E-state index in [1.807, 2.05) is 6.07 Å². The molecule has 0 radical (unpaired) electrons. The van der Waals surface area contributed by atoms with Crippen LogP contribution in [0.4, 0.5) is 0 Å². The molecule has 1 aromatic rings. The SMILES string of the molecule is COc1ccc([C@]23CC[C@H](O)C[C@H]2N(C)CC3)cc1OC. The molecule has 1 aliphatic carbocycles. The Kier molecular flexibility index (Phi) is 3.84. The summed E-state index contributed by atoms with van der Waals surface area (Å²) in [5.41, 5.74) is 1.47. The van der Waals surface area contributed by atoms with Gasteiger partial charge in [-0.15, -0.1) is 0 Å². The Labute approximate surface area is 126 Å². The van der Waals surface area contributed by atoms with Crippen molar-refractivity contribution in [3.05, 3.63) is 23.8 Å². The summed E-state index contributed by atoms with van der Waals surface area (Å²) in [6.07, 6.45) is 3.78. The maximum Gasteiger partial charge on any atom is 0.161 e. The van der Waals surface area contributed by atoms with Crippen LogP contribution < -0.4 is 9.47 Å². The van der Waals surface area contributed by atoms with Gasteiger partial charge in [-0.3, -0.25) is 0 Å². The zero-order valence-corrected chi connectivity index (χ0v) is 13.1. The van der Waals surface area contributed by atoms with E-state index in [0.717, 1.165) is 43.7 Å². The van der Waals surface area contributed by atoms with E-state index in [2.05, 4.69) is 24.1 Å². The van der Waals surface area contributed by atoms with Gasteiger partial charge in [0, 0.05) is 11.5 Å². The highest BCUT2D eigenvalue weighted by atomic mass is 16.5. The number of fused-ring (bicyclic) bond motifs is 1. The molecule has 1 saturated heterocycles. The summed E-state index contributed by atoms with van der Waals surface area (Å²) >= 11 is 0. The van der Waals surface area contributed by atoms with E-state index in [9.17, 15) is 5.11 Å². The lowest BCUT2D eigenvalue weighted by atomic mass is 9.65. The molecule has 0 bridgehead atoms. The van der Waals surface area contributed by atoms with Crippen LogP contribution >= 0.6 is 0 Å². The van der Waals surface area contributed by atoms with Crippen molar-refractivity contribution in [1.82, 2.24) is 4.90 Å². The minimum atomic E-state index is -0.163. The third-order valence-corrected chi connectivity index (χ3v) is 5.46. The Hall–Kier alpha value is -1.26. The lowest BCUT2D eigenvalue weighted by Gasteiger charge is -2.43. The smallest absolute Gasteiger partial charge is 0.161 e. The van der Waals surface area contributed by atoms with Gasteiger partial charge in [0.05, 0.1) is 20.3 Å². The lowest BCUT2D eigenvalue weighted by Crippen LogP contribution is -2.47. The maximum absolute atomic E-state index is 10.0. The number of rotatable bonds is 3. The molecule has 3 atom stereocenters. The molecule has 0 aromatic heterocycles. The second kappa shape index (κ2) is 5.50. The number of benzene rings is 1. The predicted molar refractivity (Wildman–Crippen MR) is 82.1 cm³/mol. The topological polar surface area (TPSA) is 41.9 Å². The number of aliphatic hydroxyl groups is 1. The summed E-state index contributed by atoms with van der Waals surface area (Å²) in [6.45, 7) is 1.09. The zero-order chi connectivity index (χ0) is 15.0. The molecule has 2 aliphatic rings. The van der Waals surface area contributed by atoms with Crippen molar-refractivity contribution in [3.8, 4) is 11.5 Å². The summed E-state index contributed by atoms with van der Waals surface area (Å²) in [4.78, 5) is 2.40. The Bertz CT molecular complexity index is 519. The third-order valence-electron chi connectivity index (χ3n) is 5.46. The Balaban J connectivity index is 2.01. The first kappa shape index (κ1) is 14.7. The molecule has 116 valence electrons. The number of hydrogen-bond acceptors (Lipinski definition) is 4. The largest absolute Gasteiger partial charge is 0.493 e. The van der Waals surface area contributed by atoms with Gasteiger partial charge >= 0.3 is 0 Å². The molecule has 1 N–H and O–H groups in total. The molecule has 4 nitrogen and oxygen atoms in total. The summed E-state index contributed by atoms with van der Waals surface area (Å²) < 4.78 is 10.8. The maximum atomic E-state index is 10.0. The molecule has 0 amide bonds. The number of aliphatic hydroxyl groups excluding tert-OH is 1. The number of likely N-dealkylation sites (tertiary alicyclic amines) is 1. The number of ether oxygens (including phenoxy) is 2. The van der Waals surface area contributed by atoms with Gasteiger partial charge in [-0.05, 0) is 57.0 Å². The van der Waals surface area contributed by atoms with Gasteiger partial charge in [-0.1, -0.05) is 6.07 Å². The van der Waals surface area contributed by atoms with Crippen LogP contribution in [0.2, 0.25) is 0 Å². The van der Waals surface area contributed by atoms with Crippen LogP contribution in [-0.4, -0.2) is 50.0 Å². The lowest BCUT2D eigenvalue weighted by molar-refractivity contribution is 0.0566. The van der Waals surface area contributed by atoms with Crippen LogP contribution in [0.15, 0.2) is 18.2 Å². The van der Waals surface area contributed by atoms with Crippen LogP contribution in [0.1, 0.15) is 31.2 Å². The molecular formula is C17H25NO3. The number of hydrogen-bond donors (Lipinski definition) is 1. The fourth-order valence-corrected chi connectivity index (χ4v) is 4.24. The molecule has 21 heavy (non-hydrogen) atoms. The number of likely N-dealkylation sites (N-methyl/N-ethyl adjacent to an activating group) is 1. The molecule has 2 fully saturated rings. The zero-order valence-electron chi connectivity index (χ0n) is 13.1. The van der Waals surface area contributed by atoms with E-state index in [0.29, 0.717) is 6.04 Å². The molecular weight excluding hydrogens is 266 g/mol. The van der Waals surface area contributed by atoms with Gasteiger partial charge < -0.3 is 19.5 Å². The van der Waals surface area contributed by atoms with E-state index in [-0.39, 0.29) is 11.5 Å². The van der Waals surface area contributed by atoms with E-state index >= 15 is 0 Å². The molecule has 1 saturated carbocycles. The molecule has 1 aromatic carbocycles. The summed E-state index contributed by atoms with van der Waals surface area (Å²) in [7, 11) is 5.52. The molecule has 0 spiro atoms. The van der Waals surface area contributed by atoms with Gasteiger partial charge in [0.15, 0.2) is 11.5 Å². The number of methoxy groups -OCH3 is 2. The van der Waals surface area contributed by atoms with Crippen molar-refractivity contribution in [2.75, 3.05) is 27.8 Å². The fourth-order valence-electron chi connectivity index (χ4n) is 4.24. The monoisotopic (exact) mass is 291 g/mol. The van der Waals surface area contributed by atoms with Crippen LogP contribution in [0, 0.1) is 0 Å². The fraction of sp³-hybridized carbons (Fsp3) is 0.647. The van der Waals surface area contributed by atoms with Crippen molar-refractivity contribution < 1.29 is 14.6 Å². The summed E-state index contributed by atoms with van der Waals surface area (Å²) in [6, 6.07) is 6.72. The highest BCUT2D eigenvalue weighted by molar-refractivity contribution is 5.46. The van der Waals surface area contributed by atoms with Crippen molar-refractivity contribution in [2.45, 2.75) is 43.2 Å². The average molecular weight is 291 g/mol. The Morgan fingerprint density at radius 3 is 2.67 bits per heavy atom. The second-order valence-corrected chi connectivity index (χ2v) is 6.40. The standard InChI is InChI=1S/C17H25NO3/c1-18-9-8-17(7-6-13(19)11-16(17)18)12-4-5-14(20-2)15(10-12)21-3/h4-5,10,13,16,19H,6-9,11H2,1-3H3/t13-,16+,17+/m0/s1. The normalized spacial score (nSPS) is 32.8. The van der Waals surface area contributed by atoms with Crippen LogP contribution in [0.5, 0.6) is 11.5 Å². The summed E-state index contributed by atoms with van der Waals surface area (Å²) in [5.74, 6) is 1.57. The second-order valence-electron chi connectivity index (χ2n) is 6.40. The van der Waals surface area contributed by atoms with E-state index in [1.54, 1.807) is 14.2 Å². The first-order chi connectivity index (χ1) is 10.1. The molecule has 1 heterocycles. The summed E-state index contributed by atoms with van der Waals surface area (Å²) in [5, 5.41) is 10.0. The molecule has 4 heteroatoms. The quantitative estimate of drug-likeness (QED) is 0.927. The van der Waals surface area contributed by atoms with E-state index in [4.69, 9.17) is 9.47 Å². The van der Waals surface area contributed by atoms with Crippen LogP contribution in [0.3, 0.4) is 0 Å². The van der Waals surface area contributed by atoms with Crippen molar-refractivity contribution in [3.63, 3.8) is 0 Å². The van der Waals surface area contributed by atoms with Gasteiger partial charge in [-0.2, -0.15) is 0 Å². The molecule has 1 aliphatic heterocycles. The third kappa shape index (κ3) is 2.30. The first-order valence-corrected chi connectivity index (χ1v) is 7.71. The van der Waals surface area contributed by atoms with Crippen LogP contribution in [-0.2, 0) is 5.41 Å². The predicted octanol–water partition coefficient (Wildman–Crippen LogP) is 2.19. The van der Waals surface area contributed by atoms with E-state index < -0.39 is 0 Å². The average Bonchev–Trinajstić information content (AvgIpc) is 2.85. The molecule has 0 unspecified atom stereocenters. The Morgan fingerprint density at radius 1 is 1.19 bits per heavy atom. The van der Waals surface area contributed by atoms with Gasteiger partial charge in [0.1, 0.15) is 0 Å². The van der Waals surface area contributed by atoms with Crippen molar-refractivity contribution >= 4 is 0 Å². The first-order valence-electron chi connectivity index (χ1n) is 7.71. The van der Waals surface area contributed by atoms with Gasteiger partial charge in [-0.25, -0.2) is 0 Å². The van der Waals surface area contributed by atoms with Gasteiger partial charge in [0.2, 0.25) is 0 Å². The van der Waals surface area contributed by atoms with Crippen LogP contribution in [0.25, 0.3) is 0 Å². The van der Waals surface area contributed by atoms with Crippen molar-refractivity contribution in [2.24, 2.45) is 0 Å². The highest BCUT2D eigenvalue weighted by Gasteiger charge is 2.50. The van der Waals surface area contributed by atoms with E-state index in [1.165, 1.54) is 5.56 Å². The highest BCUT2D eigenvalue weighted by Crippen LogP contribution is 2.49. The van der Waals surface area contributed by atoms with Crippen molar-refractivity contribution in [1.29, 1.82) is 0 Å².